The molecule has 1 heterocycles. The quantitative estimate of drug-likeness (QED) is 0.359. The summed E-state index contributed by atoms with van der Waals surface area (Å²) in [5.74, 6) is -0.185. The van der Waals surface area contributed by atoms with Gasteiger partial charge in [-0.2, -0.15) is 5.10 Å². The molecule has 0 amide bonds. The maximum Gasteiger partial charge on any atom is 0.251 e. The van der Waals surface area contributed by atoms with Crippen molar-refractivity contribution in [3.8, 4) is 17.0 Å². The Morgan fingerprint density at radius 3 is 2.45 bits per heavy atom. The molecule has 0 aliphatic rings. The molecule has 0 aliphatic heterocycles. The Labute approximate surface area is 187 Å². The molecule has 0 radical (unpaired) electrons. The topological polar surface area (TPSA) is 62.8 Å². The van der Waals surface area contributed by atoms with Crippen LogP contribution in [0.15, 0.2) is 83.0 Å². The van der Waals surface area contributed by atoms with Crippen molar-refractivity contribution in [1.29, 1.82) is 0 Å². The zero-order valence-electron chi connectivity index (χ0n) is 16.0. The van der Waals surface area contributed by atoms with E-state index in [0.717, 1.165) is 5.56 Å². The fourth-order valence-electron chi connectivity index (χ4n) is 2.77. The number of phenolic OH excluding ortho intramolecular Hbond substituents is 1. The Bertz CT molecular complexity index is 1270. The van der Waals surface area contributed by atoms with E-state index >= 15 is 0 Å². The van der Waals surface area contributed by atoms with Gasteiger partial charge in [-0.1, -0.05) is 65.7 Å². The van der Waals surface area contributed by atoms with Gasteiger partial charge in [0.15, 0.2) is 0 Å². The predicted octanol–water partition coefficient (Wildman–Crippen LogP) is 6.33. The molecule has 31 heavy (non-hydrogen) atoms. The molecule has 0 fully saturated rings. The summed E-state index contributed by atoms with van der Waals surface area (Å²) in [6, 6.07) is 18.5. The van der Waals surface area contributed by atoms with Gasteiger partial charge < -0.3 is 5.11 Å². The van der Waals surface area contributed by atoms with Gasteiger partial charge in [0.05, 0.1) is 23.1 Å². The molecule has 3 aromatic carbocycles. The predicted molar refractivity (Wildman–Crippen MR) is 122 cm³/mol. The van der Waals surface area contributed by atoms with Crippen LogP contribution in [0.2, 0.25) is 10.0 Å². The summed E-state index contributed by atoms with van der Waals surface area (Å²) in [5, 5.41) is 15.0. The number of rotatable bonds is 5. The highest BCUT2D eigenvalue weighted by atomic mass is 35.5. The van der Waals surface area contributed by atoms with Crippen molar-refractivity contribution in [3.63, 3.8) is 0 Å². The molecule has 5 nitrogen and oxygen atoms in total. The summed E-state index contributed by atoms with van der Waals surface area (Å²) in [6.45, 7) is 0. The average molecular weight is 453 g/mol. The lowest BCUT2D eigenvalue weighted by Crippen LogP contribution is -1.90. The van der Waals surface area contributed by atoms with Gasteiger partial charge in [0, 0.05) is 22.4 Å². The van der Waals surface area contributed by atoms with Gasteiger partial charge in [0.2, 0.25) is 0 Å². The number of phenols is 1. The summed E-state index contributed by atoms with van der Waals surface area (Å²) in [4.78, 5) is 8.91. The monoisotopic (exact) mass is 452 g/mol. The largest absolute Gasteiger partial charge is 0.506 e. The lowest BCUT2D eigenvalue weighted by molar-refractivity contribution is 0.475. The molecule has 154 valence electrons. The number of hydrogen-bond acceptors (Lipinski definition) is 4. The normalized spacial score (nSPS) is 11.6. The third-order valence-electron chi connectivity index (χ3n) is 4.32. The van der Waals surface area contributed by atoms with E-state index in [-0.39, 0.29) is 22.5 Å². The van der Waals surface area contributed by atoms with Gasteiger partial charge in [-0.15, -0.1) is 0 Å². The van der Waals surface area contributed by atoms with Crippen LogP contribution in [0.25, 0.3) is 11.3 Å². The second kappa shape index (κ2) is 9.12. The smallest absolute Gasteiger partial charge is 0.251 e. The van der Waals surface area contributed by atoms with Gasteiger partial charge in [0.25, 0.3) is 5.95 Å². The maximum atomic E-state index is 13.1. The average Bonchev–Trinajstić information content (AvgIpc) is 3.18. The number of aromatic nitrogens is 2. The third-order valence-corrected chi connectivity index (χ3v) is 4.82. The first-order chi connectivity index (χ1) is 15.0. The highest BCUT2D eigenvalue weighted by molar-refractivity contribution is 6.36. The lowest BCUT2D eigenvalue weighted by Gasteiger charge is -2.02. The van der Waals surface area contributed by atoms with E-state index in [4.69, 9.17) is 23.2 Å². The lowest BCUT2D eigenvalue weighted by atomic mass is 10.2. The number of nitrogens with zero attached hydrogens (tertiary/aromatic N) is 4. The van der Waals surface area contributed by atoms with E-state index in [0.29, 0.717) is 21.8 Å². The van der Waals surface area contributed by atoms with Gasteiger partial charge in [-0.05, 0) is 29.8 Å². The van der Waals surface area contributed by atoms with E-state index in [9.17, 15) is 9.50 Å². The zero-order valence-corrected chi connectivity index (χ0v) is 17.5. The molecule has 4 aromatic rings. The van der Waals surface area contributed by atoms with Crippen LogP contribution in [-0.4, -0.2) is 27.2 Å². The molecule has 0 saturated carbocycles. The Morgan fingerprint density at radius 1 is 0.968 bits per heavy atom. The van der Waals surface area contributed by atoms with E-state index in [2.05, 4.69) is 15.1 Å². The zero-order chi connectivity index (χ0) is 21.8. The van der Waals surface area contributed by atoms with Crippen LogP contribution in [0.3, 0.4) is 0 Å². The standard InChI is InChI=1S/C23H15Cl2FN4O/c24-18-10-17(22(31)20(25)11-18)13-27-23-29-21(16-4-2-1-3-5-16)14-30(23)28-12-15-6-8-19(26)9-7-15/h1-14,31H/b27-13+,28-12-. The number of imidazole rings is 1. The van der Waals surface area contributed by atoms with Crippen LogP contribution in [0.4, 0.5) is 10.3 Å². The molecular formula is C23H15Cl2FN4O. The second-order valence-corrected chi connectivity index (χ2v) is 7.36. The number of hydrogen-bond donors (Lipinski definition) is 1. The summed E-state index contributed by atoms with van der Waals surface area (Å²) < 4.78 is 14.6. The Kier molecular flexibility index (Phi) is 6.11. The van der Waals surface area contributed by atoms with Crippen molar-refractivity contribution in [3.05, 3.63) is 99.9 Å². The minimum Gasteiger partial charge on any atom is -0.506 e. The fraction of sp³-hybridized carbons (Fsp3) is 0. The van der Waals surface area contributed by atoms with Gasteiger partial charge in [-0.3, -0.25) is 0 Å². The Hall–Kier alpha value is -3.48. The van der Waals surface area contributed by atoms with Crippen molar-refractivity contribution in [2.45, 2.75) is 0 Å². The second-order valence-electron chi connectivity index (χ2n) is 6.52. The molecule has 0 unspecified atom stereocenters. The van der Waals surface area contributed by atoms with Crippen LogP contribution >= 0.6 is 23.2 Å². The van der Waals surface area contributed by atoms with Crippen molar-refractivity contribution in [2.75, 3.05) is 0 Å². The van der Waals surface area contributed by atoms with Crippen LogP contribution in [0.1, 0.15) is 11.1 Å². The third kappa shape index (κ3) is 4.99. The molecule has 0 atom stereocenters. The first-order valence-corrected chi connectivity index (χ1v) is 9.92. The summed E-state index contributed by atoms with van der Waals surface area (Å²) >= 11 is 12.0. The van der Waals surface area contributed by atoms with Crippen molar-refractivity contribution < 1.29 is 9.50 Å². The molecule has 0 aliphatic carbocycles. The summed E-state index contributed by atoms with van der Waals surface area (Å²) in [7, 11) is 0. The molecule has 0 bridgehead atoms. The molecular weight excluding hydrogens is 438 g/mol. The van der Waals surface area contributed by atoms with E-state index in [1.807, 2.05) is 30.3 Å². The number of benzene rings is 3. The highest BCUT2D eigenvalue weighted by Crippen LogP contribution is 2.30. The maximum absolute atomic E-state index is 13.1. The molecule has 0 saturated heterocycles. The van der Waals surface area contributed by atoms with Gasteiger partial charge in [-0.25, -0.2) is 19.0 Å². The molecule has 8 heteroatoms. The SMILES string of the molecule is Oc1c(Cl)cc(Cl)cc1/C=N/c1nc(-c2ccccc2)cn1/N=C\c1ccc(F)cc1. The molecule has 1 N–H and O–H groups in total. The van der Waals surface area contributed by atoms with Crippen LogP contribution in [0, 0.1) is 5.82 Å². The van der Waals surface area contributed by atoms with Gasteiger partial charge in [0.1, 0.15) is 11.6 Å². The fourth-order valence-corrected chi connectivity index (χ4v) is 3.28. The number of halogens is 3. The van der Waals surface area contributed by atoms with E-state index in [1.165, 1.54) is 29.1 Å². The minimum absolute atomic E-state index is 0.122. The van der Waals surface area contributed by atoms with E-state index < -0.39 is 0 Å². The molecule has 4 rings (SSSR count). The van der Waals surface area contributed by atoms with Crippen LogP contribution < -0.4 is 0 Å². The Morgan fingerprint density at radius 2 is 1.71 bits per heavy atom. The van der Waals surface area contributed by atoms with E-state index in [1.54, 1.807) is 30.6 Å². The summed E-state index contributed by atoms with van der Waals surface area (Å²) in [5.41, 5.74) is 2.61. The highest BCUT2D eigenvalue weighted by Gasteiger charge is 2.10. The molecule has 1 aromatic heterocycles. The van der Waals surface area contributed by atoms with Crippen LogP contribution in [-0.2, 0) is 0 Å². The number of aromatic hydroxyl groups is 1. The van der Waals surface area contributed by atoms with Crippen LogP contribution in [0.5, 0.6) is 5.75 Å². The van der Waals surface area contributed by atoms with Gasteiger partial charge >= 0.3 is 0 Å². The summed E-state index contributed by atoms with van der Waals surface area (Å²) in [6.07, 6.45) is 4.71. The molecule has 0 spiro atoms. The van der Waals surface area contributed by atoms with Crippen molar-refractivity contribution >= 4 is 41.6 Å². The van der Waals surface area contributed by atoms with Crippen molar-refractivity contribution in [2.24, 2.45) is 10.1 Å². The first kappa shape index (κ1) is 20.8. The number of aliphatic imine (C=N–C) groups is 1. The Balaban J connectivity index is 1.73. The van der Waals surface area contributed by atoms with Crippen molar-refractivity contribution in [1.82, 2.24) is 9.66 Å². The first-order valence-electron chi connectivity index (χ1n) is 9.16. The minimum atomic E-state index is -0.323.